The van der Waals surface area contributed by atoms with Gasteiger partial charge in [-0.05, 0) is 0 Å². The molecule has 0 rings (SSSR count). The molecule has 0 atom stereocenters. The van der Waals surface area contributed by atoms with E-state index in [9.17, 15) is 4.70 Å². The molecule has 0 aromatic heterocycles. The van der Waals surface area contributed by atoms with E-state index in [-0.39, 0.29) is 6.44 Å². The molecule has 7 heavy (non-hydrogen) atoms. The van der Waals surface area contributed by atoms with Crippen LogP contribution in [0, 0.1) is 0 Å². The minimum atomic E-state index is 0.240. The maximum absolute atomic E-state index is 9.52. The van der Waals surface area contributed by atoms with E-state index in [4.69, 9.17) is 0 Å². The Balaban J connectivity index is 2.56. The number of hydrogen-bond acceptors (Lipinski definition) is 3. The summed E-state index contributed by atoms with van der Waals surface area (Å²) in [5.41, 5.74) is 2.36. The molecule has 0 fully saturated rings. The predicted molar refractivity (Wildman–Crippen MR) is 27.1 cm³/mol. The van der Waals surface area contributed by atoms with Gasteiger partial charge in [0.15, 0.2) is 0 Å². The first kappa shape index (κ1) is 6.85. The van der Waals surface area contributed by atoms with Gasteiger partial charge in [-0.25, -0.2) is 0 Å². The van der Waals surface area contributed by atoms with Crippen LogP contribution in [0.25, 0.3) is 0 Å². The molecule has 0 aromatic carbocycles. The summed E-state index contributed by atoms with van der Waals surface area (Å²) in [4.78, 5) is 0. The normalized spacial score (nSPS) is 7.57. The number of hydrogen-bond donors (Lipinski definition) is 1. The molecule has 0 aromatic rings. The summed E-state index contributed by atoms with van der Waals surface area (Å²) in [6.45, 7) is 1.72. The van der Waals surface area contributed by atoms with Gasteiger partial charge in [-0.2, -0.15) is 0 Å². The van der Waals surface area contributed by atoms with Gasteiger partial charge in [0, 0.05) is 0 Å². The average Bonchev–Trinajstić information content (AvgIpc) is 1.69. The summed E-state index contributed by atoms with van der Waals surface area (Å²) >= 11 is 0. The summed E-state index contributed by atoms with van der Waals surface area (Å²) in [6, 6.07) is 0. The van der Waals surface area contributed by atoms with Crippen molar-refractivity contribution in [2.24, 2.45) is 0 Å². The Kier molecular flexibility index (Phi) is 5.72. The van der Waals surface area contributed by atoms with E-state index in [2.05, 4.69) is 10.2 Å². The van der Waals surface area contributed by atoms with Crippen LogP contribution in [-0.4, -0.2) is 21.1 Å². The molecule has 0 aliphatic carbocycles. The van der Waals surface area contributed by atoms with Gasteiger partial charge in [0.25, 0.3) is 0 Å². The molecule has 1 N–H and O–H groups in total. The van der Waals surface area contributed by atoms with Crippen molar-refractivity contribution in [2.75, 3.05) is 6.44 Å². The van der Waals surface area contributed by atoms with Gasteiger partial charge in [-0.3, -0.25) is 0 Å². The van der Waals surface area contributed by atoms with Gasteiger partial charge in [-0.1, -0.05) is 0 Å². The van der Waals surface area contributed by atoms with E-state index in [1.807, 2.05) is 0 Å². The molecule has 0 saturated heterocycles. The maximum atomic E-state index is 9.52. The van der Waals surface area contributed by atoms with Gasteiger partial charge in [0.05, 0.1) is 0 Å². The van der Waals surface area contributed by atoms with Crippen molar-refractivity contribution in [2.45, 2.75) is 6.82 Å². The molecule has 0 unspecified atom stereocenters. The van der Waals surface area contributed by atoms with E-state index < -0.39 is 0 Å². The molecule has 0 heterocycles. The molecule has 3 nitrogen and oxygen atoms in total. The van der Waals surface area contributed by atoms with Gasteiger partial charge >= 0.3 is 42.8 Å². The van der Waals surface area contributed by atoms with E-state index in [1.54, 1.807) is 6.82 Å². The SMILES string of the molecule is C[B]ONCB=O. The minimum absolute atomic E-state index is 0.240. The summed E-state index contributed by atoms with van der Waals surface area (Å²) in [7, 11) is 2.19. The van der Waals surface area contributed by atoms with Crippen molar-refractivity contribution >= 4 is 14.6 Å². The zero-order chi connectivity index (χ0) is 5.54. The third kappa shape index (κ3) is 5.85. The Hall–Kier alpha value is -0.150. The zero-order valence-electron chi connectivity index (χ0n) is 4.18. The van der Waals surface area contributed by atoms with E-state index >= 15 is 0 Å². The molecule has 1 radical (unpaired) electrons. The van der Waals surface area contributed by atoms with Crippen LogP contribution < -0.4 is 5.48 Å². The topological polar surface area (TPSA) is 38.3 Å². The third-order valence-corrected chi connectivity index (χ3v) is 0.368. The van der Waals surface area contributed by atoms with Crippen LogP contribution in [0.3, 0.4) is 0 Å². The Bertz CT molecular complexity index is 51.0. The molecule has 0 saturated carbocycles. The fraction of sp³-hybridized carbons (Fsp3) is 1.00. The summed E-state index contributed by atoms with van der Waals surface area (Å²) in [5, 5.41) is 0. The monoisotopic (exact) mass is 98.1 g/mol. The van der Waals surface area contributed by atoms with Crippen LogP contribution in [0.4, 0.5) is 0 Å². The zero-order valence-corrected chi connectivity index (χ0v) is 4.18. The Morgan fingerprint density at radius 1 is 1.86 bits per heavy atom. The van der Waals surface area contributed by atoms with Crippen molar-refractivity contribution in [3.8, 4) is 0 Å². The van der Waals surface area contributed by atoms with Crippen LogP contribution in [0.5, 0.6) is 0 Å². The number of nitrogens with one attached hydrogen (secondary N) is 1. The number of rotatable bonds is 4. The van der Waals surface area contributed by atoms with Crippen LogP contribution in [0.2, 0.25) is 6.82 Å². The van der Waals surface area contributed by atoms with Crippen LogP contribution >= 0.6 is 0 Å². The Labute approximate surface area is 43.9 Å². The van der Waals surface area contributed by atoms with Crippen molar-refractivity contribution < 1.29 is 9.46 Å². The second kappa shape index (κ2) is 5.85. The second-order valence-electron chi connectivity index (χ2n) is 0.869. The first-order chi connectivity index (χ1) is 3.41. The Morgan fingerprint density at radius 3 is 3.00 bits per heavy atom. The van der Waals surface area contributed by atoms with Crippen LogP contribution in [0.1, 0.15) is 0 Å². The van der Waals surface area contributed by atoms with E-state index in [0.717, 1.165) is 7.15 Å². The fourth-order valence-corrected chi connectivity index (χ4v) is 0.165. The molecule has 5 heteroatoms. The Morgan fingerprint density at radius 2 is 2.57 bits per heavy atom. The first-order valence-corrected chi connectivity index (χ1v) is 2.01. The van der Waals surface area contributed by atoms with Crippen molar-refractivity contribution in [1.82, 2.24) is 5.48 Å². The van der Waals surface area contributed by atoms with Crippen molar-refractivity contribution in [3.63, 3.8) is 0 Å². The standard InChI is InChI=1S/C2H6B2NO2/c1-3-7-5-2-4-6/h5H,2H2,1H3. The average molecular weight is 97.7 g/mol. The van der Waals surface area contributed by atoms with E-state index in [0.29, 0.717) is 0 Å². The summed E-state index contributed by atoms with van der Waals surface area (Å²) < 4.78 is 14.0. The molecule has 37 valence electrons. The van der Waals surface area contributed by atoms with Gasteiger partial charge in [0.2, 0.25) is 0 Å². The molecule has 0 bridgehead atoms. The fourth-order valence-electron chi connectivity index (χ4n) is 0.165. The molecule has 0 aliphatic rings. The quantitative estimate of drug-likeness (QED) is 0.283. The predicted octanol–water partition coefficient (Wildman–Crippen LogP) is -0.818. The third-order valence-electron chi connectivity index (χ3n) is 0.368. The molecule has 0 aliphatic heterocycles. The van der Waals surface area contributed by atoms with Gasteiger partial charge in [-0.15, -0.1) is 0 Å². The van der Waals surface area contributed by atoms with Crippen LogP contribution in [0.15, 0.2) is 0 Å². The van der Waals surface area contributed by atoms with E-state index in [1.165, 1.54) is 7.48 Å². The summed E-state index contributed by atoms with van der Waals surface area (Å²) in [6.07, 6.45) is 0.240. The second-order valence-corrected chi connectivity index (χ2v) is 0.869. The first-order valence-electron chi connectivity index (χ1n) is 2.01. The van der Waals surface area contributed by atoms with Gasteiger partial charge in [0.1, 0.15) is 0 Å². The number of hydroxylamine groups is 1. The van der Waals surface area contributed by atoms with Crippen LogP contribution in [-0.2, 0) is 9.46 Å². The van der Waals surface area contributed by atoms with Crippen molar-refractivity contribution in [1.29, 1.82) is 0 Å². The molecule has 0 spiro atoms. The van der Waals surface area contributed by atoms with Gasteiger partial charge < -0.3 is 0 Å². The van der Waals surface area contributed by atoms with Crippen molar-refractivity contribution in [3.05, 3.63) is 0 Å². The molecular formula is C2H6B2NO2. The molecule has 0 amide bonds. The molecular weight excluding hydrogens is 91.7 g/mol. The summed E-state index contributed by atoms with van der Waals surface area (Å²) in [5.74, 6) is 0.